The molecule has 1 N–H and O–H groups in total. The van der Waals surface area contributed by atoms with Crippen molar-refractivity contribution in [2.75, 3.05) is 23.7 Å². The molecule has 0 spiro atoms. The Labute approximate surface area is 218 Å². The van der Waals surface area contributed by atoms with Gasteiger partial charge in [0.2, 0.25) is 21.8 Å². The molecule has 2 rings (SSSR count). The number of carbonyl (C=O) groups is 2. The fourth-order valence-corrected chi connectivity index (χ4v) is 4.91. The van der Waals surface area contributed by atoms with E-state index in [-0.39, 0.29) is 43.6 Å². The van der Waals surface area contributed by atoms with Gasteiger partial charge in [-0.2, -0.15) is 0 Å². The van der Waals surface area contributed by atoms with Gasteiger partial charge in [-0.3, -0.25) is 13.9 Å². The number of nitrogens with one attached hydrogen (secondary N) is 1. The standard InChI is InChI=1S/C26H35ClFN3O4S/c1-4-6-17-29-26(33)24(5-2)30(19-20-9-13-22(28)14-10-20)25(32)8-7-18-31(36(3,34)35)23-15-11-21(27)12-16-23/h9-16,24H,4-8,17-19H2,1-3H3,(H,29,33)/t24-/m1/s1. The first kappa shape index (κ1) is 29.6. The summed E-state index contributed by atoms with van der Waals surface area (Å²) in [4.78, 5) is 27.8. The van der Waals surface area contributed by atoms with Crippen molar-refractivity contribution in [3.8, 4) is 0 Å². The zero-order valence-corrected chi connectivity index (χ0v) is 22.6. The minimum atomic E-state index is -3.58. The maximum Gasteiger partial charge on any atom is 0.242 e. The van der Waals surface area contributed by atoms with Gasteiger partial charge in [-0.1, -0.05) is 44.0 Å². The van der Waals surface area contributed by atoms with Gasteiger partial charge in [-0.25, -0.2) is 12.8 Å². The van der Waals surface area contributed by atoms with Gasteiger partial charge in [0.05, 0.1) is 11.9 Å². The monoisotopic (exact) mass is 539 g/mol. The number of amides is 2. The lowest BCUT2D eigenvalue weighted by Crippen LogP contribution is -2.49. The first-order chi connectivity index (χ1) is 17.1. The Morgan fingerprint density at radius 1 is 1.03 bits per heavy atom. The van der Waals surface area contributed by atoms with Gasteiger partial charge in [-0.15, -0.1) is 0 Å². The molecule has 1 atom stereocenters. The highest BCUT2D eigenvalue weighted by atomic mass is 35.5. The molecule has 36 heavy (non-hydrogen) atoms. The van der Waals surface area contributed by atoms with Crippen LogP contribution in [0.4, 0.5) is 10.1 Å². The van der Waals surface area contributed by atoms with Crippen molar-refractivity contribution in [3.63, 3.8) is 0 Å². The van der Waals surface area contributed by atoms with Crippen LogP contribution in [-0.4, -0.2) is 50.5 Å². The summed E-state index contributed by atoms with van der Waals surface area (Å²) in [6.07, 6.45) is 3.57. The van der Waals surface area contributed by atoms with Gasteiger partial charge in [-0.05, 0) is 61.2 Å². The Kier molecular flexibility index (Phi) is 11.7. The fourth-order valence-electron chi connectivity index (χ4n) is 3.82. The van der Waals surface area contributed by atoms with Crippen LogP contribution in [-0.2, 0) is 26.2 Å². The predicted octanol–water partition coefficient (Wildman–Crippen LogP) is 4.75. The van der Waals surface area contributed by atoms with Crippen LogP contribution in [0.15, 0.2) is 48.5 Å². The zero-order chi connectivity index (χ0) is 26.7. The summed E-state index contributed by atoms with van der Waals surface area (Å²) < 4.78 is 39.4. The minimum Gasteiger partial charge on any atom is -0.354 e. The van der Waals surface area contributed by atoms with E-state index in [2.05, 4.69) is 5.32 Å². The van der Waals surface area contributed by atoms with Gasteiger partial charge >= 0.3 is 0 Å². The third kappa shape index (κ3) is 9.09. The number of rotatable bonds is 14. The molecule has 198 valence electrons. The second-order valence-corrected chi connectivity index (χ2v) is 11.0. The molecular formula is C26H35ClFN3O4S. The maximum absolute atomic E-state index is 13.4. The predicted molar refractivity (Wildman–Crippen MR) is 142 cm³/mol. The van der Waals surface area contributed by atoms with E-state index in [0.717, 1.165) is 19.1 Å². The van der Waals surface area contributed by atoms with Gasteiger partial charge in [0.25, 0.3) is 0 Å². The van der Waals surface area contributed by atoms with E-state index in [4.69, 9.17) is 11.6 Å². The van der Waals surface area contributed by atoms with E-state index in [1.807, 2.05) is 13.8 Å². The molecule has 0 aliphatic carbocycles. The third-order valence-corrected chi connectivity index (χ3v) is 7.19. The van der Waals surface area contributed by atoms with Gasteiger partial charge in [0.1, 0.15) is 11.9 Å². The SMILES string of the molecule is CCCCNC(=O)[C@@H](CC)N(Cc1ccc(F)cc1)C(=O)CCCN(c1ccc(Cl)cc1)S(C)(=O)=O. The lowest BCUT2D eigenvalue weighted by Gasteiger charge is -2.31. The average Bonchev–Trinajstić information content (AvgIpc) is 2.83. The van der Waals surface area contributed by atoms with Crippen molar-refractivity contribution in [2.45, 2.75) is 58.5 Å². The highest BCUT2D eigenvalue weighted by Gasteiger charge is 2.28. The first-order valence-electron chi connectivity index (χ1n) is 12.1. The molecule has 0 aliphatic rings. The number of sulfonamides is 1. The molecule has 2 amide bonds. The van der Waals surface area contributed by atoms with E-state index in [9.17, 15) is 22.4 Å². The van der Waals surface area contributed by atoms with Crippen molar-refractivity contribution < 1.29 is 22.4 Å². The summed E-state index contributed by atoms with van der Waals surface area (Å²) in [7, 11) is -3.58. The summed E-state index contributed by atoms with van der Waals surface area (Å²) in [5.41, 5.74) is 1.16. The van der Waals surface area contributed by atoms with E-state index >= 15 is 0 Å². The topological polar surface area (TPSA) is 86.8 Å². The lowest BCUT2D eigenvalue weighted by molar-refractivity contribution is -0.141. The third-order valence-electron chi connectivity index (χ3n) is 5.75. The summed E-state index contributed by atoms with van der Waals surface area (Å²) in [5.74, 6) is -0.897. The normalized spacial score (nSPS) is 12.1. The number of carbonyl (C=O) groups excluding carboxylic acids is 2. The van der Waals surface area contributed by atoms with Gasteiger partial charge in [0, 0.05) is 31.1 Å². The van der Waals surface area contributed by atoms with Crippen LogP contribution in [0.5, 0.6) is 0 Å². The Hall–Kier alpha value is -2.65. The summed E-state index contributed by atoms with van der Waals surface area (Å²) in [6, 6.07) is 11.5. The van der Waals surface area contributed by atoms with Crippen molar-refractivity contribution >= 4 is 39.1 Å². The first-order valence-corrected chi connectivity index (χ1v) is 14.3. The Morgan fingerprint density at radius 3 is 2.22 bits per heavy atom. The minimum absolute atomic E-state index is 0.0412. The number of hydrogen-bond donors (Lipinski definition) is 1. The van der Waals surface area contributed by atoms with Crippen LogP contribution in [0.3, 0.4) is 0 Å². The van der Waals surface area contributed by atoms with Crippen LogP contribution in [0.2, 0.25) is 5.02 Å². The Balaban J connectivity index is 2.18. The molecule has 0 aromatic heterocycles. The molecule has 2 aromatic rings. The average molecular weight is 540 g/mol. The molecule has 0 unspecified atom stereocenters. The fraction of sp³-hybridized carbons (Fsp3) is 0.462. The number of benzene rings is 2. The van der Waals surface area contributed by atoms with Crippen LogP contribution in [0.25, 0.3) is 0 Å². The van der Waals surface area contributed by atoms with Crippen molar-refractivity contribution in [3.05, 3.63) is 64.9 Å². The molecule has 0 bridgehead atoms. The molecule has 10 heteroatoms. The van der Waals surface area contributed by atoms with Gasteiger partial charge < -0.3 is 10.2 Å². The van der Waals surface area contributed by atoms with E-state index in [0.29, 0.717) is 29.2 Å². The quantitative estimate of drug-likeness (QED) is 0.351. The van der Waals surface area contributed by atoms with E-state index in [1.165, 1.54) is 21.3 Å². The van der Waals surface area contributed by atoms with Gasteiger partial charge in [0.15, 0.2) is 0 Å². The van der Waals surface area contributed by atoms with Crippen molar-refractivity contribution in [2.24, 2.45) is 0 Å². The molecule has 0 fully saturated rings. The largest absolute Gasteiger partial charge is 0.354 e. The molecule has 0 saturated carbocycles. The number of unbranched alkanes of at least 4 members (excludes halogenated alkanes) is 1. The Morgan fingerprint density at radius 2 is 1.67 bits per heavy atom. The number of hydrogen-bond acceptors (Lipinski definition) is 4. The van der Waals surface area contributed by atoms with E-state index in [1.54, 1.807) is 36.4 Å². The molecule has 7 nitrogen and oxygen atoms in total. The maximum atomic E-state index is 13.4. The van der Waals surface area contributed by atoms with Crippen molar-refractivity contribution in [1.29, 1.82) is 0 Å². The number of nitrogens with zero attached hydrogens (tertiary/aromatic N) is 2. The van der Waals surface area contributed by atoms with E-state index < -0.39 is 16.1 Å². The summed E-state index contributed by atoms with van der Waals surface area (Å²) in [6.45, 7) is 4.62. The Bertz CT molecular complexity index is 1100. The van der Waals surface area contributed by atoms with Crippen LogP contribution >= 0.6 is 11.6 Å². The summed E-state index contributed by atoms with van der Waals surface area (Å²) >= 11 is 5.92. The lowest BCUT2D eigenvalue weighted by atomic mass is 10.1. The van der Waals surface area contributed by atoms with Crippen LogP contribution in [0, 0.1) is 5.82 Å². The van der Waals surface area contributed by atoms with Crippen LogP contribution in [0.1, 0.15) is 51.5 Å². The smallest absolute Gasteiger partial charge is 0.242 e. The molecular weight excluding hydrogens is 505 g/mol. The highest BCUT2D eigenvalue weighted by molar-refractivity contribution is 7.92. The molecule has 0 heterocycles. The second kappa shape index (κ2) is 14.2. The zero-order valence-electron chi connectivity index (χ0n) is 21.0. The summed E-state index contributed by atoms with van der Waals surface area (Å²) in [5, 5.41) is 3.38. The highest BCUT2D eigenvalue weighted by Crippen LogP contribution is 2.22. The number of halogens is 2. The molecule has 2 aromatic carbocycles. The molecule has 0 aliphatic heterocycles. The van der Waals surface area contributed by atoms with Crippen molar-refractivity contribution in [1.82, 2.24) is 10.2 Å². The molecule has 0 saturated heterocycles. The second-order valence-electron chi connectivity index (χ2n) is 8.63. The molecule has 0 radical (unpaired) electrons. The number of anilines is 1. The van der Waals surface area contributed by atoms with Crippen LogP contribution < -0.4 is 9.62 Å².